The second-order valence-electron chi connectivity index (χ2n) is 0.266. The van der Waals surface area contributed by atoms with E-state index in [0.717, 1.165) is 0 Å². The molecule has 0 rings (SSSR count). The summed E-state index contributed by atoms with van der Waals surface area (Å²) in [6.07, 6.45) is -2.08. The number of carboxylic acid groups (broad SMARTS) is 2. The maximum absolute atomic E-state index is 8.44. The summed E-state index contributed by atoms with van der Waals surface area (Å²) in [6.45, 7) is 0. The van der Waals surface area contributed by atoms with Gasteiger partial charge in [-0.2, -0.15) is 0 Å². The zero-order valence-corrected chi connectivity index (χ0v) is 11.0. The van der Waals surface area contributed by atoms with Crippen LogP contribution in [0, 0.1) is 0 Å². The van der Waals surface area contributed by atoms with Crippen LogP contribution in [0.3, 0.4) is 0 Å². The second-order valence-corrected chi connectivity index (χ2v) is 0.266. The molecule has 0 radical (unpaired) electrons. The van der Waals surface area contributed by atoms with Gasteiger partial charge in [0.1, 0.15) is 0 Å². The predicted octanol–water partition coefficient (Wildman–Crippen LogP) is -12.7. The van der Waals surface area contributed by atoms with Crippen molar-refractivity contribution >= 4 is 6.16 Å². The van der Waals surface area contributed by atoms with Crippen molar-refractivity contribution in [3.63, 3.8) is 0 Å². The molecule has 0 amide bonds. The molecular weight excluding hydrogens is 191 g/mol. The van der Waals surface area contributed by atoms with Crippen molar-refractivity contribution in [2.24, 2.45) is 0 Å². The third-order valence-electron chi connectivity index (χ3n) is 0. The molecule has 48 valence electrons. The Hall–Kier alpha value is 1.81. The number of hydrogen-bond donors (Lipinski definition) is 2. The van der Waals surface area contributed by atoms with E-state index in [-0.39, 0.29) is 90.1 Å². The SMILES string of the molecule is O=C([O-])O.[Cl-].[Cl-].[NH4+].[Na+].[Na+]. The van der Waals surface area contributed by atoms with Crippen LogP contribution in [0.25, 0.3) is 0 Å². The van der Waals surface area contributed by atoms with Crippen LogP contribution in [0.15, 0.2) is 0 Å². The van der Waals surface area contributed by atoms with Gasteiger partial charge in [-0.3, -0.25) is 0 Å². The summed E-state index contributed by atoms with van der Waals surface area (Å²) in [4.78, 5) is 8.44. The van der Waals surface area contributed by atoms with Crippen LogP contribution in [0.5, 0.6) is 0 Å². The molecule has 5 N–H and O–H groups in total. The first-order chi connectivity index (χ1) is 1.73. The Bertz CT molecular complexity index is 42.8. The average molecular weight is 196 g/mol. The number of quaternary nitrogens is 1. The zero-order chi connectivity index (χ0) is 3.58. The van der Waals surface area contributed by atoms with Crippen LogP contribution >= 0.6 is 0 Å². The van der Waals surface area contributed by atoms with E-state index in [4.69, 9.17) is 15.0 Å². The van der Waals surface area contributed by atoms with E-state index in [9.17, 15) is 0 Å². The number of carbonyl (C=O) groups is 1. The van der Waals surface area contributed by atoms with Gasteiger partial charge in [-0.1, -0.05) is 0 Å². The summed E-state index contributed by atoms with van der Waals surface area (Å²) >= 11 is 0. The van der Waals surface area contributed by atoms with Gasteiger partial charge in [-0.25, -0.2) is 0 Å². The van der Waals surface area contributed by atoms with Gasteiger partial charge in [0.15, 0.2) is 0 Å². The standard InChI is InChI=1S/CH2O3.2ClH.H3N.2Na/c2-1(3)4;;;;;/h(H2,2,3,4);2*1H;1H3;;/q;;;;2*+1/p-2. The Morgan fingerprint density at radius 2 is 1.22 bits per heavy atom. The number of hydrogen-bond acceptors (Lipinski definition) is 2. The third-order valence-corrected chi connectivity index (χ3v) is 0. The Morgan fingerprint density at radius 3 is 1.22 bits per heavy atom. The first-order valence-corrected chi connectivity index (χ1v) is 0.632. The van der Waals surface area contributed by atoms with Gasteiger partial charge in [-0.15, -0.1) is 0 Å². The molecule has 0 aliphatic heterocycles. The van der Waals surface area contributed by atoms with Crippen molar-refractivity contribution in [1.29, 1.82) is 0 Å². The average Bonchev–Trinajstić information content (AvgIpc) is 0.811. The Kier molecular flexibility index (Phi) is 164. The van der Waals surface area contributed by atoms with E-state index in [2.05, 4.69) is 0 Å². The minimum Gasteiger partial charge on any atom is -1.00 e. The summed E-state index contributed by atoms with van der Waals surface area (Å²) < 4.78 is 0. The van der Waals surface area contributed by atoms with E-state index < -0.39 is 6.16 Å². The van der Waals surface area contributed by atoms with E-state index >= 15 is 0 Å². The summed E-state index contributed by atoms with van der Waals surface area (Å²) in [5.74, 6) is 0. The van der Waals surface area contributed by atoms with E-state index in [1.54, 1.807) is 0 Å². The fourth-order valence-electron chi connectivity index (χ4n) is 0. The van der Waals surface area contributed by atoms with E-state index in [1.807, 2.05) is 0 Å². The van der Waals surface area contributed by atoms with Crippen molar-refractivity contribution in [2.45, 2.75) is 0 Å². The maximum Gasteiger partial charge on any atom is 1.00 e. The molecule has 0 aromatic rings. The largest absolute Gasteiger partial charge is 1.00 e. The summed E-state index contributed by atoms with van der Waals surface area (Å²) in [5, 5.41) is 15.3. The van der Waals surface area contributed by atoms with Crippen molar-refractivity contribution in [3.05, 3.63) is 0 Å². The van der Waals surface area contributed by atoms with Gasteiger partial charge >= 0.3 is 59.1 Å². The van der Waals surface area contributed by atoms with Crippen LogP contribution in [0.4, 0.5) is 4.79 Å². The van der Waals surface area contributed by atoms with Crippen molar-refractivity contribution in [3.8, 4) is 0 Å². The molecule has 0 aromatic heterocycles. The minimum absolute atomic E-state index is 0. The summed E-state index contributed by atoms with van der Waals surface area (Å²) in [5.41, 5.74) is 0. The molecule has 0 atom stereocenters. The molecule has 8 heteroatoms. The second kappa shape index (κ2) is 32.9. The van der Waals surface area contributed by atoms with Crippen LogP contribution in [0.2, 0.25) is 0 Å². The smallest absolute Gasteiger partial charge is 1.00 e. The topological polar surface area (TPSA) is 96.9 Å². The molecule has 0 saturated carbocycles. The Balaban J connectivity index is -0.00000000450. The molecule has 0 bridgehead atoms. The van der Waals surface area contributed by atoms with E-state index in [1.165, 1.54) is 0 Å². The van der Waals surface area contributed by atoms with Gasteiger partial charge in [0.05, 0.1) is 0 Å². The summed E-state index contributed by atoms with van der Waals surface area (Å²) in [6, 6.07) is 0. The van der Waals surface area contributed by atoms with Gasteiger partial charge in [0.25, 0.3) is 0 Å². The number of halogens is 2. The minimum atomic E-state index is -2.08. The predicted molar refractivity (Wildman–Crippen MR) is 14.0 cm³/mol. The molecular formula is CH5Cl2NNa2O3. The Labute approximate surface area is 110 Å². The van der Waals surface area contributed by atoms with Crippen molar-refractivity contribution in [1.82, 2.24) is 6.15 Å². The molecule has 4 nitrogen and oxygen atoms in total. The van der Waals surface area contributed by atoms with E-state index in [0.29, 0.717) is 0 Å². The molecule has 0 aliphatic carbocycles. The molecule has 0 unspecified atom stereocenters. The summed E-state index contributed by atoms with van der Waals surface area (Å²) in [7, 11) is 0. The number of rotatable bonds is 0. The van der Waals surface area contributed by atoms with Crippen LogP contribution in [0.1, 0.15) is 0 Å². The molecule has 0 fully saturated rings. The molecule has 0 aromatic carbocycles. The molecule has 0 aliphatic rings. The van der Waals surface area contributed by atoms with Gasteiger partial charge in [-0.05, 0) is 0 Å². The Morgan fingerprint density at radius 1 is 1.22 bits per heavy atom. The van der Waals surface area contributed by atoms with Crippen LogP contribution < -0.4 is 95.2 Å². The fraction of sp³-hybridized carbons (Fsp3) is 0. The van der Waals surface area contributed by atoms with Crippen molar-refractivity contribution in [2.75, 3.05) is 0 Å². The molecule has 0 saturated heterocycles. The van der Waals surface area contributed by atoms with Crippen molar-refractivity contribution < 1.29 is 98.9 Å². The quantitative estimate of drug-likeness (QED) is 0.376. The van der Waals surface area contributed by atoms with Gasteiger partial charge in [0, 0.05) is 0 Å². The first kappa shape index (κ1) is 45.0. The van der Waals surface area contributed by atoms with Gasteiger partial charge in [0.2, 0.25) is 6.16 Å². The van der Waals surface area contributed by atoms with Gasteiger partial charge < -0.3 is 46.0 Å². The molecule has 0 spiro atoms. The van der Waals surface area contributed by atoms with Crippen LogP contribution in [-0.2, 0) is 0 Å². The van der Waals surface area contributed by atoms with Crippen LogP contribution in [-0.4, -0.2) is 11.3 Å². The molecule has 0 heterocycles. The maximum atomic E-state index is 8.44. The molecule has 9 heavy (non-hydrogen) atoms. The monoisotopic (exact) mass is 195 g/mol. The normalized spacial score (nSPS) is 2.67. The first-order valence-electron chi connectivity index (χ1n) is 0.632. The fourth-order valence-corrected chi connectivity index (χ4v) is 0. The zero-order valence-electron chi connectivity index (χ0n) is 5.52. The third kappa shape index (κ3) is 183.